The van der Waals surface area contributed by atoms with Crippen LogP contribution >= 0.6 is 0 Å². The Morgan fingerprint density at radius 2 is 1.75 bits per heavy atom. The molecule has 32 heavy (non-hydrogen) atoms. The Hall–Kier alpha value is -3.39. The lowest BCUT2D eigenvalue weighted by Gasteiger charge is -2.38. The Kier molecular flexibility index (Phi) is 6.14. The molecule has 3 N–H and O–H groups in total. The highest BCUT2D eigenvalue weighted by molar-refractivity contribution is 5.96. The van der Waals surface area contributed by atoms with Gasteiger partial charge in [-0.2, -0.15) is 0 Å². The number of aromatic nitrogens is 1. The van der Waals surface area contributed by atoms with Gasteiger partial charge in [-0.15, -0.1) is 0 Å². The minimum atomic E-state index is -0.904. The van der Waals surface area contributed by atoms with E-state index in [-0.39, 0.29) is 17.6 Å². The molecule has 7 nitrogen and oxygen atoms in total. The zero-order valence-corrected chi connectivity index (χ0v) is 18.1. The van der Waals surface area contributed by atoms with Crippen molar-refractivity contribution in [3.8, 4) is 0 Å². The predicted octanol–water partition coefficient (Wildman–Crippen LogP) is 3.85. The maximum atomic E-state index is 13.2. The molecule has 1 atom stereocenters. The van der Waals surface area contributed by atoms with Crippen LogP contribution in [0, 0.1) is 11.7 Å². The normalized spacial score (nSPS) is 15.8. The van der Waals surface area contributed by atoms with E-state index in [1.54, 1.807) is 24.4 Å². The van der Waals surface area contributed by atoms with Gasteiger partial charge in [-0.1, -0.05) is 19.9 Å². The minimum absolute atomic E-state index is 0.0708. The van der Waals surface area contributed by atoms with Gasteiger partial charge in [0.2, 0.25) is 5.91 Å². The van der Waals surface area contributed by atoms with Crippen LogP contribution in [0.2, 0.25) is 0 Å². The number of nitrogens with zero attached hydrogens (tertiary/aromatic N) is 2. The van der Waals surface area contributed by atoms with Gasteiger partial charge in [0.1, 0.15) is 11.9 Å². The van der Waals surface area contributed by atoms with Crippen LogP contribution in [0.4, 0.5) is 15.8 Å². The second-order valence-electron chi connectivity index (χ2n) is 8.39. The van der Waals surface area contributed by atoms with Crippen LogP contribution in [-0.4, -0.2) is 53.0 Å². The number of carboxylic acid groups (broad SMARTS) is 1. The van der Waals surface area contributed by atoms with Gasteiger partial charge in [-0.05, 0) is 36.4 Å². The maximum absolute atomic E-state index is 13.2. The molecule has 168 valence electrons. The molecule has 1 aliphatic heterocycles. The van der Waals surface area contributed by atoms with E-state index in [0.717, 1.165) is 16.6 Å². The van der Waals surface area contributed by atoms with Gasteiger partial charge in [-0.3, -0.25) is 14.5 Å². The van der Waals surface area contributed by atoms with E-state index in [2.05, 4.69) is 15.2 Å². The van der Waals surface area contributed by atoms with E-state index >= 15 is 0 Å². The van der Waals surface area contributed by atoms with Crippen LogP contribution in [0.5, 0.6) is 0 Å². The van der Waals surface area contributed by atoms with Crippen LogP contribution in [-0.2, 0) is 9.59 Å². The third kappa shape index (κ3) is 4.45. The van der Waals surface area contributed by atoms with Gasteiger partial charge in [0.05, 0.1) is 0 Å². The topological polar surface area (TPSA) is 88.7 Å². The van der Waals surface area contributed by atoms with Crippen LogP contribution in [0.15, 0.2) is 48.7 Å². The van der Waals surface area contributed by atoms with Crippen molar-refractivity contribution < 1.29 is 19.1 Å². The van der Waals surface area contributed by atoms with Crippen LogP contribution < -0.4 is 10.2 Å². The van der Waals surface area contributed by atoms with E-state index in [1.807, 2.05) is 30.9 Å². The van der Waals surface area contributed by atoms with Crippen molar-refractivity contribution in [3.63, 3.8) is 0 Å². The van der Waals surface area contributed by atoms with Gasteiger partial charge in [0.15, 0.2) is 0 Å². The molecule has 2 heterocycles. The molecule has 1 amide bonds. The van der Waals surface area contributed by atoms with Crippen molar-refractivity contribution >= 4 is 34.2 Å². The number of rotatable bonds is 6. The van der Waals surface area contributed by atoms with Crippen molar-refractivity contribution in [2.45, 2.75) is 19.9 Å². The molecule has 3 aromatic rings. The quantitative estimate of drug-likeness (QED) is 0.544. The fourth-order valence-electron chi connectivity index (χ4n) is 4.12. The molecule has 0 aliphatic carbocycles. The summed E-state index contributed by atoms with van der Waals surface area (Å²) in [6, 6.07) is 11.0. The highest BCUT2D eigenvalue weighted by Crippen LogP contribution is 2.31. The molecule has 4 rings (SSSR count). The third-order valence-electron chi connectivity index (χ3n) is 5.91. The average molecular weight is 439 g/mol. The van der Waals surface area contributed by atoms with Crippen LogP contribution in [0.1, 0.15) is 25.5 Å². The number of halogens is 1. The minimum Gasteiger partial charge on any atom is -0.480 e. The van der Waals surface area contributed by atoms with E-state index in [9.17, 15) is 19.1 Å². The molecular formula is C24H27FN4O3. The van der Waals surface area contributed by atoms with E-state index < -0.39 is 12.0 Å². The Balaban J connectivity index is 1.52. The molecule has 0 spiro atoms. The molecule has 0 saturated carbocycles. The van der Waals surface area contributed by atoms with Gasteiger partial charge in [0.25, 0.3) is 0 Å². The molecule has 1 fully saturated rings. The van der Waals surface area contributed by atoms with Gasteiger partial charge in [-0.25, -0.2) is 4.39 Å². The summed E-state index contributed by atoms with van der Waals surface area (Å²) in [6.07, 6.45) is 1.74. The molecule has 1 saturated heterocycles. The summed E-state index contributed by atoms with van der Waals surface area (Å²) in [4.78, 5) is 31.5. The number of anilines is 2. The smallest absolute Gasteiger partial charge is 0.325 e. The fraction of sp³-hybridized carbons (Fsp3) is 0.333. The number of aromatic amines is 1. The average Bonchev–Trinajstić information content (AvgIpc) is 3.17. The molecule has 2 aromatic carbocycles. The first-order valence-corrected chi connectivity index (χ1v) is 10.7. The summed E-state index contributed by atoms with van der Waals surface area (Å²) < 4.78 is 13.2. The monoisotopic (exact) mass is 438 g/mol. The number of aliphatic carboxylic acids is 1. The van der Waals surface area contributed by atoms with Gasteiger partial charge < -0.3 is 20.3 Å². The number of nitrogens with one attached hydrogen (secondary N) is 2. The number of carbonyl (C=O) groups excluding carboxylic acids is 1. The lowest BCUT2D eigenvalue weighted by Crippen LogP contribution is -2.49. The number of amides is 1. The molecular weight excluding hydrogens is 411 g/mol. The third-order valence-corrected chi connectivity index (χ3v) is 5.91. The molecule has 1 aromatic heterocycles. The van der Waals surface area contributed by atoms with Crippen molar-refractivity contribution in [1.29, 1.82) is 0 Å². The summed E-state index contributed by atoms with van der Waals surface area (Å²) in [5.41, 5.74) is 3.08. The second kappa shape index (κ2) is 9.00. The summed E-state index contributed by atoms with van der Waals surface area (Å²) in [7, 11) is 0. The van der Waals surface area contributed by atoms with E-state index in [1.165, 1.54) is 12.1 Å². The standard InChI is InChI=1S/C24H27FN4O3/c1-15(2)23(30)27-17-5-8-19-20(14-26-21(19)13-17)22(24(31)32)29-11-9-28(10-12-29)18-6-3-16(25)4-7-18/h3-8,13-15,22,26H,9-12H2,1-2H3,(H,27,30)(H,31,32)/t22-/m0/s1. The Labute approximate surface area is 185 Å². The van der Waals surface area contributed by atoms with Crippen molar-refractivity contribution in [2.24, 2.45) is 5.92 Å². The molecule has 0 unspecified atom stereocenters. The SMILES string of the molecule is CC(C)C(=O)Nc1ccc2c([C@@H](C(=O)O)N3CCN(c4ccc(F)cc4)CC3)c[nH]c2c1. The number of H-pyrrole nitrogens is 1. The Bertz CT molecular complexity index is 1120. The van der Waals surface area contributed by atoms with E-state index in [4.69, 9.17) is 0 Å². The molecule has 0 radical (unpaired) electrons. The Morgan fingerprint density at radius 3 is 2.38 bits per heavy atom. The van der Waals surface area contributed by atoms with Crippen molar-refractivity contribution in [1.82, 2.24) is 9.88 Å². The van der Waals surface area contributed by atoms with Crippen molar-refractivity contribution in [3.05, 3.63) is 60.0 Å². The zero-order chi connectivity index (χ0) is 22.8. The number of carboxylic acids is 1. The highest BCUT2D eigenvalue weighted by Gasteiger charge is 2.32. The maximum Gasteiger partial charge on any atom is 0.325 e. The highest BCUT2D eigenvalue weighted by atomic mass is 19.1. The number of benzene rings is 2. The first-order chi connectivity index (χ1) is 15.3. The predicted molar refractivity (Wildman–Crippen MR) is 122 cm³/mol. The number of fused-ring (bicyclic) bond motifs is 1. The molecule has 8 heteroatoms. The lowest BCUT2D eigenvalue weighted by molar-refractivity contribution is -0.143. The lowest BCUT2D eigenvalue weighted by atomic mass is 10.0. The Morgan fingerprint density at radius 1 is 1.06 bits per heavy atom. The molecule has 0 bridgehead atoms. The number of carbonyl (C=O) groups is 2. The fourth-order valence-corrected chi connectivity index (χ4v) is 4.12. The summed E-state index contributed by atoms with van der Waals surface area (Å²) >= 11 is 0. The zero-order valence-electron chi connectivity index (χ0n) is 18.1. The first-order valence-electron chi connectivity index (χ1n) is 10.7. The van der Waals surface area contributed by atoms with Crippen molar-refractivity contribution in [2.75, 3.05) is 36.4 Å². The van der Waals surface area contributed by atoms with E-state index in [0.29, 0.717) is 37.4 Å². The second-order valence-corrected chi connectivity index (χ2v) is 8.39. The largest absolute Gasteiger partial charge is 0.480 e. The number of hydrogen-bond donors (Lipinski definition) is 3. The molecule has 1 aliphatic rings. The number of piperazine rings is 1. The summed E-state index contributed by atoms with van der Waals surface area (Å²) in [6.45, 7) is 6.11. The van der Waals surface area contributed by atoms with Gasteiger partial charge >= 0.3 is 5.97 Å². The van der Waals surface area contributed by atoms with Crippen LogP contribution in [0.3, 0.4) is 0 Å². The van der Waals surface area contributed by atoms with Crippen LogP contribution in [0.25, 0.3) is 10.9 Å². The number of hydrogen-bond acceptors (Lipinski definition) is 4. The summed E-state index contributed by atoms with van der Waals surface area (Å²) in [5, 5.41) is 13.7. The summed E-state index contributed by atoms with van der Waals surface area (Å²) in [5.74, 6) is -1.38. The first kappa shape index (κ1) is 21.8. The van der Waals surface area contributed by atoms with Gasteiger partial charge in [0, 0.05) is 66.1 Å².